The predicted octanol–water partition coefficient (Wildman–Crippen LogP) is 1.65. The van der Waals surface area contributed by atoms with E-state index in [2.05, 4.69) is 11.4 Å². The lowest BCUT2D eigenvalue weighted by atomic mass is 10.1. The Morgan fingerprint density at radius 3 is 3.12 bits per heavy atom. The van der Waals surface area contributed by atoms with Crippen LogP contribution in [0.25, 0.3) is 0 Å². The van der Waals surface area contributed by atoms with Crippen LogP contribution in [-0.2, 0) is 6.42 Å². The summed E-state index contributed by atoms with van der Waals surface area (Å²) in [4.78, 5) is 0. The number of hydrogen-bond acceptors (Lipinski definition) is 3. The molecule has 3 heteroatoms. The second-order valence-corrected chi connectivity index (χ2v) is 4.13. The van der Waals surface area contributed by atoms with E-state index in [1.54, 1.807) is 0 Å². The molecule has 3 nitrogen and oxygen atoms in total. The summed E-state index contributed by atoms with van der Waals surface area (Å²) in [5, 5.41) is 12.0. The van der Waals surface area contributed by atoms with Gasteiger partial charge in [0.05, 0.1) is 6.61 Å². The minimum atomic E-state index is 0.189. The lowest BCUT2D eigenvalue weighted by Crippen LogP contribution is -2.12. The van der Waals surface area contributed by atoms with Gasteiger partial charge in [0.1, 0.15) is 5.75 Å². The molecule has 0 bridgehead atoms. The standard InChI is InChI=1S/C13H19NO2/c1-14-12-7-6-11-10(12)4-2-5-13(11)16-9-3-8-15/h2,4-5,12,14-15H,3,6-9H2,1H3. The fourth-order valence-electron chi connectivity index (χ4n) is 2.30. The first kappa shape index (κ1) is 11.4. The van der Waals surface area contributed by atoms with Crippen molar-refractivity contribution < 1.29 is 9.84 Å². The quantitative estimate of drug-likeness (QED) is 0.743. The SMILES string of the molecule is CNC1CCc2c(OCCCO)cccc21. The van der Waals surface area contributed by atoms with Crippen molar-refractivity contribution in [2.45, 2.75) is 25.3 Å². The summed E-state index contributed by atoms with van der Waals surface area (Å²) in [7, 11) is 2.00. The van der Waals surface area contributed by atoms with Crippen LogP contribution >= 0.6 is 0 Å². The van der Waals surface area contributed by atoms with E-state index in [4.69, 9.17) is 9.84 Å². The van der Waals surface area contributed by atoms with Gasteiger partial charge in [0, 0.05) is 19.1 Å². The number of ether oxygens (including phenoxy) is 1. The van der Waals surface area contributed by atoms with Crippen molar-refractivity contribution in [1.82, 2.24) is 5.32 Å². The fourth-order valence-corrected chi connectivity index (χ4v) is 2.30. The number of fused-ring (bicyclic) bond motifs is 1. The molecule has 0 saturated heterocycles. The van der Waals surface area contributed by atoms with E-state index in [0.29, 0.717) is 19.1 Å². The largest absolute Gasteiger partial charge is 0.493 e. The van der Waals surface area contributed by atoms with Gasteiger partial charge in [-0.1, -0.05) is 12.1 Å². The van der Waals surface area contributed by atoms with Crippen LogP contribution in [0.1, 0.15) is 30.0 Å². The van der Waals surface area contributed by atoms with Crippen molar-refractivity contribution in [2.75, 3.05) is 20.3 Å². The molecule has 0 heterocycles. The van der Waals surface area contributed by atoms with Gasteiger partial charge in [0.2, 0.25) is 0 Å². The van der Waals surface area contributed by atoms with Crippen LogP contribution in [0.4, 0.5) is 0 Å². The molecule has 1 aliphatic carbocycles. The second kappa shape index (κ2) is 5.32. The van der Waals surface area contributed by atoms with Crippen LogP contribution in [0.15, 0.2) is 18.2 Å². The van der Waals surface area contributed by atoms with Crippen LogP contribution in [0.5, 0.6) is 5.75 Å². The molecule has 0 saturated carbocycles. The van der Waals surface area contributed by atoms with Gasteiger partial charge >= 0.3 is 0 Å². The van der Waals surface area contributed by atoms with Crippen molar-refractivity contribution >= 4 is 0 Å². The Morgan fingerprint density at radius 2 is 2.38 bits per heavy atom. The Kier molecular flexibility index (Phi) is 3.80. The summed E-state index contributed by atoms with van der Waals surface area (Å²) in [5.74, 6) is 0.990. The Labute approximate surface area is 96.4 Å². The monoisotopic (exact) mass is 221 g/mol. The average molecular weight is 221 g/mol. The highest BCUT2D eigenvalue weighted by Crippen LogP contribution is 2.36. The molecule has 1 aromatic carbocycles. The number of benzene rings is 1. The van der Waals surface area contributed by atoms with E-state index in [-0.39, 0.29) is 6.61 Å². The lowest BCUT2D eigenvalue weighted by Gasteiger charge is -2.12. The first-order valence-corrected chi connectivity index (χ1v) is 5.89. The molecule has 0 fully saturated rings. The van der Waals surface area contributed by atoms with Crippen molar-refractivity contribution in [3.63, 3.8) is 0 Å². The van der Waals surface area contributed by atoms with E-state index in [1.165, 1.54) is 11.1 Å². The summed E-state index contributed by atoms with van der Waals surface area (Å²) in [5.41, 5.74) is 2.70. The third kappa shape index (κ3) is 2.20. The van der Waals surface area contributed by atoms with Gasteiger partial charge < -0.3 is 15.2 Å². The van der Waals surface area contributed by atoms with Crippen molar-refractivity contribution in [3.8, 4) is 5.75 Å². The van der Waals surface area contributed by atoms with Crippen molar-refractivity contribution in [2.24, 2.45) is 0 Å². The minimum absolute atomic E-state index is 0.189. The number of aliphatic hydroxyl groups is 1. The molecule has 2 rings (SSSR count). The molecule has 0 aliphatic heterocycles. The Hall–Kier alpha value is -1.06. The normalized spacial score (nSPS) is 18.5. The van der Waals surface area contributed by atoms with E-state index in [1.807, 2.05) is 19.2 Å². The molecular formula is C13H19NO2. The van der Waals surface area contributed by atoms with Crippen LogP contribution in [0.3, 0.4) is 0 Å². The zero-order valence-electron chi connectivity index (χ0n) is 9.70. The third-order valence-electron chi connectivity index (χ3n) is 3.14. The number of aliphatic hydroxyl groups excluding tert-OH is 1. The third-order valence-corrected chi connectivity index (χ3v) is 3.14. The zero-order chi connectivity index (χ0) is 11.4. The highest BCUT2D eigenvalue weighted by Gasteiger charge is 2.23. The second-order valence-electron chi connectivity index (χ2n) is 4.13. The molecule has 16 heavy (non-hydrogen) atoms. The highest BCUT2D eigenvalue weighted by molar-refractivity contribution is 5.45. The molecule has 2 N–H and O–H groups in total. The van der Waals surface area contributed by atoms with E-state index in [9.17, 15) is 0 Å². The lowest BCUT2D eigenvalue weighted by molar-refractivity contribution is 0.232. The Morgan fingerprint density at radius 1 is 1.50 bits per heavy atom. The van der Waals surface area contributed by atoms with Gasteiger partial charge in [0.25, 0.3) is 0 Å². The maximum atomic E-state index is 8.73. The van der Waals surface area contributed by atoms with Crippen LogP contribution in [-0.4, -0.2) is 25.4 Å². The Balaban J connectivity index is 2.12. The summed E-state index contributed by atoms with van der Waals surface area (Å²) >= 11 is 0. The minimum Gasteiger partial charge on any atom is -0.493 e. The summed E-state index contributed by atoms with van der Waals surface area (Å²) in [6.07, 6.45) is 2.92. The highest BCUT2D eigenvalue weighted by atomic mass is 16.5. The molecule has 1 aliphatic rings. The number of rotatable bonds is 5. The summed E-state index contributed by atoms with van der Waals surface area (Å²) in [6, 6.07) is 6.70. The van der Waals surface area contributed by atoms with Crippen LogP contribution in [0, 0.1) is 0 Å². The molecule has 0 spiro atoms. The average Bonchev–Trinajstić information content (AvgIpc) is 2.73. The molecule has 88 valence electrons. The Bertz CT molecular complexity index is 352. The van der Waals surface area contributed by atoms with Gasteiger partial charge in [-0.3, -0.25) is 0 Å². The van der Waals surface area contributed by atoms with Gasteiger partial charge in [-0.2, -0.15) is 0 Å². The van der Waals surface area contributed by atoms with Crippen molar-refractivity contribution in [1.29, 1.82) is 0 Å². The molecule has 0 radical (unpaired) electrons. The van der Waals surface area contributed by atoms with Gasteiger partial charge in [0.15, 0.2) is 0 Å². The molecule has 1 unspecified atom stereocenters. The molecule has 1 aromatic rings. The maximum absolute atomic E-state index is 8.73. The molecule has 0 amide bonds. The van der Waals surface area contributed by atoms with Crippen LogP contribution in [0.2, 0.25) is 0 Å². The maximum Gasteiger partial charge on any atom is 0.122 e. The number of nitrogens with one attached hydrogen (secondary N) is 1. The molecule has 0 aromatic heterocycles. The van der Waals surface area contributed by atoms with E-state index >= 15 is 0 Å². The summed E-state index contributed by atoms with van der Waals surface area (Å²) in [6.45, 7) is 0.783. The zero-order valence-corrected chi connectivity index (χ0v) is 9.70. The van der Waals surface area contributed by atoms with Crippen molar-refractivity contribution in [3.05, 3.63) is 29.3 Å². The smallest absolute Gasteiger partial charge is 0.122 e. The predicted molar refractivity (Wildman–Crippen MR) is 63.8 cm³/mol. The van der Waals surface area contributed by atoms with E-state index < -0.39 is 0 Å². The van der Waals surface area contributed by atoms with Gasteiger partial charge in [-0.05, 0) is 37.1 Å². The first-order valence-electron chi connectivity index (χ1n) is 5.89. The van der Waals surface area contributed by atoms with Crippen LogP contribution < -0.4 is 10.1 Å². The van der Waals surface area contributed by atoms with Gasteiger partial charge in [-0.25, -0.2) is 0 Å². The topological polar surface area (TPSA) is 41.5 Å². The summed E-state index contributed by atoms with van der Waals surface area (Å²) < 4.78 is 5.69. The molecular weight excluding hydrogens is 202 g/mol. The molecule has 1 atom stereocenters. The number of hydrogen-bond donors (Lipinski definition) is 2. The fraction of sp³-hybridized carbons (Fsp3) is 0.538. The van der Waals surface area contributed by atoms with Gasteiger partial charge in [-0.15, -0.1) is 0 Å². The first-order chi connectivity index (χ1) is 7.86. The van der Waals surface area contributed by atoms with E-state index in [0.717, 1.165) is 18.6 Å².